The zero-order chi connectivity index (χ0) is 18.3. The molecule has 26 heavy (non-hydrogen) atoms. The monoisotopic (exact) mass is 379 g/mol. The zero-order valence-electron chi connectivity index (χ0n) is 13.9. The Labute approximate surface area is 152 Å². The minimum atomic E-state index is -4.36. The third-order valence-electron chi connectivity index (χ3n) is 4.72. The van der Waals surface area contributed by atoms with Gasteiger partial charge in [-0.2, -0.15) is 17.9 Å². The van der Waals surface area contributed by atoms with E-state index in [-0.39, 0.29) is 6.04 Å². The van der Waals surface area contributed by atoms with Crippen molar-refractivity contribution in [3.05, 3.63) is 57.5 Å². The molecule has 1 atom stereocenters. The van der Waals surface area contributed by atoms with Crippen LogP contribution in [0.5, 0.6) is 0 Å². The third-order valence-corrected chi connectivity index (χ3v) is 5.72. The second-order valence-electron chi connectivity index (χ2n) is 6.25. The van der Waals surface area contributed by atoms with Crippen LogP contribution >= 0.6 is 11.3 Å². The maximum atomic E-state index is 12.7. The maximum Gasteiger partial charge on any atom is 0.416 e. The van der Waals surface area contributed by atoms with Crippen molar-refractivity contribution in [2.24, 2.45) is 0 Å². The lowest BCUT2D eigenvalue weighted by atomic mass is 10.0. The number of rotatable bonds is 3. The molecule has 5 nitrogen and oxygen atoms in total. The van der Waals surface area contributed by atoms with Crippen LogP contribution < -0.4 is 0 Å². The van der Waals surface area contributed by atoms with Crippen molar-refractivity contribution in [2.45, 2.75) is 32.1 Å². The fourth-order valence-corrected chi connectivity index (χ4v) is 4.22. The average molecular weight is 379 g/mol. The molecule has 0 spiro atoms. The molecule has 1 aromatic carbocycles. The van der Waals surface area contributed by atoms with Gasteiger partial charge >= 0.3 is 6.18 Å². The second-order valence-corrected chi connectivity index (χ2v) is 7.25. The normalized spacial score (nSPS) is 18.1. The van der Waals surface area contributed by atoms with Gasteiger partial charge in [0.2, 0.25) is 0 Å². The van der Waals surface area contributed by atoms with Crippen LogP contribution in [-0.2, 0) is 19.1 Å². The van der Waals surface area contributed by atoms with E-state index in [1.807, 2.05) is 0 Å². The predicted molar refractivity (Wildman–Crippen MR) is 91.0 cm³/mol. The summed E-state index contributed by atoms with van der Waals surface area (Å²) >= 11 is 1.78. The van der Waals surface area contributed by atoms with E-state index in [0.717, 1.165) is 25.1 Å². The quantitative estimate of drug-likeness (QED) is 0.693. The van der Waals surface area contributed by atoms with Crippen molar-refractivity contribution in [2.75, 3.05) is 6.54 Å². The molecule has 9 heteroatoms. The number of aromatic nitrogens is 4. The number of halogens is 3. The van der Waals surface area contributed by atoms with Gasteiger partial charge in [-0.25, -0.2) is 0 Å². The van der Waals surface area contributed by atoms with Crippen LogP contribution in [-0.4, -0.2) is 31.7 Å². The molecule has 1 aliphatic rings. The van der Waals surface area contributed by atoms with Gasteiger partial charge in [0.15, 0.2) is 5.82 Å². The molecule has 2 aromatic heterocycles. The average Bonchev–Trinajstić information content (AvgIpc) is 3.26. The van der Waals surface area contributed by atoms with Gasteiger partial charge < -0.3 is 0 Å². The number of nitrogens with zero attached hydrogens (tertiary/aromatic N) is 5. The van der Waals surface area contributed by atoms with E-state index in [2.05, 4.69) is 38.8 Å². The molecular formula is C17H16F3N5S. The summed E-state index contributed by atoms with van der Waals surface area (Å²) in [6.07, 6.45) is -3.37. The fourth-order valence-electron chi connectivity index (χ4n) is 3.26. The van der Waals surface area contributed by atoms with E-state index < -0.39 is 11.7 Å². The number of hydrogen-bond donors (Lipinski definition) is 0. The summed E-state index contributed by atoms with van der Waals surface area (Å²) in [5.41, 5.74) is 1.15. The summed E-state index contributed by atoms with van der Waals surface area (Å²) in [7, 11) is 0. The maximum absolute atomic E-state index is 12.7. The molecule has 136 valence electrons. The van der Waals surface area contributed by atoms with E-state index in [4.69, 9.17) is 0 Å². The number of thiophene rings is 1. The van der Waals surface area contributed by atoms with Crippen molar-refractivity contribution in [3.63, 3.8) is 0 Å². The summed E-state index contributed by atoms with van der Waals surface area (Å²) < 4.78 is 39.7. The highest BCUT2D eigenvalue weighted by molar-refractivity contribution is 7.10. The molecule has 3 heterocycles. The molecule has 0 unspecified atom stereocenters. The molecule has 1 aliphatic heterocycles. The van der Waals surface area contributed by atoms with Gasteiger partial charge in [0.25, 0.3) is 0 Å². The summed E-state index contributed by atoms with van der Waals surface area (Å²) in [5.74, 6) is 0.607. The Hall–Kier alpha value is -2.26. The first kappa shape index (κ1) is 17.2. The minimum absolute atomic E-state index is 0.253. The SMILES string of the molecule is C[C@H]1c2ccsc2CCN1Cc1nnnn1-c1ccc(C(F)(F)F)cc1. The van der Waals surface area contributed by atoms with E-state index in [0.29, 0.717) is 18.1 Å². The van der Waals surface area contributed by atoms with Crippen LogP contribution in [0.2, 0.25) is 0 Å². The predicted octanol–water partition coefficient (Wildman–Crippen LogP) is 3.86. The van der Waals surface area contributed by atoms with E-state index in [1.165, 1.54) is 27.3 Å². The molecule has 0 amide bonds. The van der Waals surface area contributed by atoms with Gasteiger partial charge in [-0.05, 0) is 65.0 Å². The number of benzene rings is 1. The first-order valence-electron chi connectivity index (χ1n) is 8.18. The summed E-state index contributed by atoms with van der Waals surface area (Å²) in [4.78, 5) is 3.69. The van der Waals surface area contributed by atoms with Gasteiger partial charge in [0, 0.05) is 17.5 Å². The van der Waals surface area contributed by atoms with Crippen LogP contribution in [0, 0.1) is 0 Å². The molecule has 0 N–H and O–H groups in total. The number of hydrogen-bond acceptors (Lipinski definition) is 5. The van der Waals surface area contributed by atoms with Crippen molar-refractivity contribution in [1.82, 2.24) is 25.1 Å². The number of alkyl halides is 3. The van der Waals surface area contributed by atoms with Crippen LogP contribution in [0.4, 0.5) is 13.2 Å². The van der Waals surface area contributed by atoms with Crippen LogP contribution in [0.1, 0.15) is 34.8 Å². The fraction of sp³-hybridized carbons (Fsp3) is 0.353. The highest BCUT2D eigenvalue weighted by Crippen LogP contribution is 2.34. The molecule has 0 bridgehead atoms. The Balaban J connectivity index is 1.56. The Morgan fingerprint density at radius 1 is 1.19 bits per heavy atom. The lowest BCUT2D eigenvalue weighted by molar-refractivity contribution is -0.137. The second kappa shape index (κ2) is 6.48. The van der Waals surface area contributed by atoms with Gasteiger partial charge in [0.1, 0.15) is 0 Å². The first-order valence-corrected chi connectivity index (χ1v) is 9.06. The first-order chi connectivity index (χ1) is 12.4. The van der Waals surface area contributed by atoms with Gasteiger partial charge in [-0.3, -0.25) is 4.90 Å². The summed E-state index contributed by atoms with van der Waals surface area (Å²) in [6.45, 7) is 3.58. The van der Waals surface area contributed by atoms with Crippen LogP contribution in [0.15, 0.2) is 35.7 Å². The standard InChI is InChI=1S/C17H16F3N5S/c1-11-14-7-9-26-15(14)6-8-24(11)10-16-21-22-23-25(16)13-4-2-12(3-5-13)17(18,19)20/h2-5,7,9,11H,6,8,10H2,1H3/t11-/m0/s1. The topological polar surface area (TPSA) is 46.8 Å². The Kier molecular flexibility index (Phi) is 4.28. The Morgan fingerprint density at radius 2 is 1.96 bits per heavy atom. The van der Waals surface area contributed by atoms with Crippen molar-refractivity contribution < 1.29 is 13.2 Å². The third kappa shape index (κ3) is 3.12. The van der Waals surface area contributed by atoms with Crippen LogP contribution in [0.25, 0.3) is 5.69 Å². The van der Waals surface area contributed by atoms with E-state index >= 15 is 0 Å². The smallest absolute Gasteiger partial charge is 0.289 e. The highest BCUT2D eigenvalue weighted by Gasteiger charge is 2.30. The van der Waals surface area contributed by atoms with Crippen LogP contribution in [0.3, 0.4) is 0 Å². The molecule has 0 aliphatic carbocycles. The van der Waals surface area contributed by atoms with Gasteiger partial charge in [0.05, 0.1) is 17.8 Å². The van der Waals surface area contributed by atoms with Gasteiger partial charge in [-0.1, -0.05) is 0 Å². The Morgan fingerprint density at radius 3 is 2.69 bits per heavy atom. The van der Waals surface area contributed by atoms with E-state index in [1.54, 1.807) is 11.3 Å². The molecule has 0 radical (unpaired) electrons. The molecule has 3 aromatic rings. The largest absolute Gasteiger partial charge is 0.416 e. The summed E-state index contributed by atoms with van der Waals surface area (Å²) in [6, 6.07) is 7.26. The van der Waals surface area contributed by atoms with Gasteiger partial charge in [-0.15, -0.1) is 16.4 Å². The zero-order valence-corrected chi connectivity index (χ0v) is 14.8. The molecule has 4 rings (SSSR count). The molecular weight excluding hydrogens is 363 g/mol. The number of fused-ring (bicyclic) bond motifs is 1. The molecule has 0 saturated heterocycles. The summed E-state index contributed by atoms with van der Waals surface area (Å²) in [5, 5.41) is 13.8. The highest BCUT2D eigenvalue weighted by atomic mass is 32.1. The minimum Gasteiger partial charge on any atom is -0.289 e. The van der Waals surface area contributed by atoms with Crippen molar-refractivity contribution in [1.29, 1.82) is 0 Å². The molecule has 0 saturated carbocycles. The van der Waals surface area contributed by atoms with E-state index in [9.17, 15) is 13.2 Å². The number of tetrazole rings is 1. The van der Waals surface area contributed by atoms with Crippen molar-refractivity contribution >= 4 is 11.3 Å². The lowest BCUT2D eigenvalue weighted by Gasteiger charge is -2.32. The molecule has 0 fully saturated rings. The lowest BCUT2D eigenvalue weighted by Crippen LogP contribution is -2.33. The Bertz CT molecular complexity index is 900. The van der Waals surface area contributed by atoms with Crippen molar-refractivity contribution in [3.8, 4) is 5.69 Å².